The van der Waals surface area contributed by atoms with E-state index in [9.17, 15) is 0 Å². The molecule has 98 valence electrons. The van der Waals surface area contributed by atoms with Crippen molar-refractivity contribution in [3.05, 3.63) is 34.9 Å². The molecule has 1 aliphatic carbocycles. The molecule has 1 saturated heterocycles. The molecule has 1 heterocycles. The van der Waals surface area contributed by atoms with Crippen LogP contribution in [0.4, 0.5) is 0 Å². The van der Waals surface area contributed by atoms with E-state index in [-0.39, 0.29) is 0 Å². The lowest BCUT2D eigenvalue weighted by molar-refractivity contribution is 0.177. The van der Waals surface area contributed by atoms with E-state index in [0.29, 0.717) is 12.0 Å². The van der Waals surface area contributed by atoms with Crippen LogP contribution in [0.2, 0.25) is 0 Å². The Morgan fingerprint density at radius 2 is 2.22 bits per heavy atom. The molecule has 2 nitrogen and oxygen atoms in total. The Morgan fingerprint density at radius 1 is 1.33 bits per heavy atom. The summed E-state index contributed by atoms with van der Waals surface area (Å²) in [6.45, 7) is 1.86. The standard InChI is InChI=1S/C16H23NO/c1-17-16(15-7-8-18-11-15)10-12-5-6-13-3-2-4-14(13)9-12/h5-6,9,15-17H,2-4,7-8,10-11H2,1H3. The number of aryl methyl sites for hydroxylation is 2. The van der Waals surface area contributed by atoms with Gasteiger partial charge in [0.1, 0.15) is 0 Å². The van der Waals surface area contributed by atoms with Crippen molar-refractivity contribution in [1.82, 2.24) is 5.32 Å². The van der Waals surface area contributed by atoms with Gasteiger partial charge in [-0.2, -0.15) is 0 Å². The van der Waals surface area contributed by atoms with Crippen LogP contribution >= 0.6 is 0 Å². The van der Waals surface area contributed by atoms with E-state index in [2.05, 4.69) is 30.6 Å². The van der Waals surface area contributed by atoms with Crippen LogP contribution in [0.1, 0.15) is 29.5 Å². The maximum absolute atomic E-state index is 5.51. The van der Waals surface area contributed by atoms with Crippen LogP contribution in [0, 0.1) is 5.92 Å². The lowest BCUT2D eigenvalue weighted by Crippen LogP contribution is -2.35. The van der Waals surface area contributed by atoms with Crippen LogP contribution in [-0.4, -0.2) is 26.3 Å². The summed E-state index contributed by atoms with van der Waals surface area (Å²) in [5.74, 6) is 0.684. The third kappa shape index (κ3) is 2.45. The van der Waals surface area contributed by atoms with Crippen molar-refractivity contribution in [1.29, 1.82) is 0 Å². The molecule has 1 aliphatic heterocycles. The van der Waals surface area contributed by atoms with E-state index in [1.165, 1.54) is 31.2 Å². The SMILES string of the molecule is CNC(Cc1ccc2c(c1)CCC2)C1CCOC1. The maximum Gasteiger partial charge on any atom is 0.0510 e. The van der Waals surface area contributed by atoms with Gasteiger partial charge in [-0.1, -0.05) is 18.2 Å². The van der Waals surface area contributed by atoms with Gasteiger partial charge in [0.15, 0.2) is 0 Å². The molecule has 1 N–H and O–H groups in total. The van der Waals surface area contributed by atoms with E-state index in [0.717, 1.165) is 19.6 Å². The molecule has 3 rings (SSSR count). The molecule has 1 aromatic carbocycles. The minimum atomic E-state index is 0.562. The van der Waals surface area contributed by atoms with E-state index in [1.54, 1.807) is 11.1 Å². The lowest BCUT2D eigenvalue weighted by atomic mass is 9.92. The average Bonchev–Trinajstić information content (AvgIpc) is 3.06. The monoisotopic (exact) mass is 245 g/mol. The third-order valence-corrected chi connectivity index (χ3v) is 4.52. The molecule has 0 amide bonds. The molecule has 2 aliphatic rings. The second-order valence-corrected chi connectivity index (χ2v) is 5.68. The van der Waals surface area contributed by atoms with E-state index in [4.69, 9.17) is 4.74 Å². The fourth-order valence-electron chi connectivity index (χ4n) is 3.38. The van der Waals surface area contributed by atoms with Gasteiger partial charge in [0.2, 0.25) is 0 Å². The van der Waals surface area contributed by atoms with Crippen LogP contribution in [0.5, 0.6) is 0 Å². The largest absolute Gasteiger partial charge is 0.381 e. The first-order valence-corrected chi connectivity index (χ1v) is 7.22. The van der Waals surface area contributed by atoms with Crippen molar-refractivity contribution >= 4 is 0 Å². The average molecular weight is 245 g/mol. The number of hydrogen-bond acceptors (Lipinski definition) is 2. The number of fused-ring (bicyclic) bond motifs is 1. The number of hydrogen-bond donors (Lipinski definition) is 1. The molecule has 1 fully saturated rings. The fraction of sp³-hybridized carbons (Fsp3) is 0.625. The zero-order chi connectivity index (χ0) is 12.4. The van der Waals surface area contributed by atoms with Gasteiger partial charge in [-0.15, -0.1) is 0 Å². The summed E-state index contributed by atoms with van der Waals surface area (Å²) in [6.07, 6.45) is 6.24. The molecule has 2 atom stereocenters. The first kappa shape index (κ1) is 12.2. The number of likely N-dealkylation sites (N-methyl/N-ethyl adjacent to an activating group) is 1. The van der Waals surface area contributed by atoms with Gasteiger partial charge in [0.25, 0.3) is 0 Å². The molecule has 2 heteroatoms. The van der Waals surface area contributed by atoms with Gasteiger partial charge in [-0.3, -0.25) is 0 Å². The summed E-state index contributed by atoms with van der Waals surface area (Å²) in [5, 5.41) is 3.48. The first-order valence-electron chi connectivity index (χ1n) is 7.22. The summed E-state index contributed by atoms with van der Waals surface area (Å²) in [5.41, 5.74) is 4.65. The molecule has 1 aromatic rings. The predicted molar refractivity (Wildman–Crippen MR) is 73.9 cm³/mol. The van der Waals surface area contributed by atoms with Gasteiger partial charge in [-0.25, -0.2) is 0 Å². The van der Waals surface area contributed by atoms with Gasteiger partial charge < -0.3 is 10.1 Å². The Hall–Kier alpha value is -0.860. The second-order valence-electron chi connectivity index (χ2n) is 5.68. The molecule has 2 unspecified atom stereocenters. The van der Waals surface area contributed by atoms with E-state index in [1.807, 2.05) is 0 Å². The molecular formula is C16H23NO. The summed E-state index contributed by atoms with van der Waals surface area (Å²) in [7, 11) is 2.08. The molecule has 0 radical (unpaired) electrons. The zero-order valence-corrected chi connectivity index (χ0v) is 11.2. The summed E-state index contributed by atoms with van der Waals surface area (Å²) in [6, 6.07) is 7.66. The van der Waals surface area contributed by atoms with Gasteiger partial charge in [0.05, 0.1) is 6.61 Å². The predicted octanol–water partition coefficient (Wildman–Crippen LogP) is 2.34. The van der Waals surface area contributed by atoms with Crippen molar-refractivity contribution in [2.45, 2.75) is 38.1 Å². The Morgan fingerprint density at radius 3 is 3.00 bits per heavy atom. The molecular weight excluding hydrogens is 222 g/mol. The highest BCUT2D eigenvalue weighted by Crippen LogP contribution is 2.25. The Balaban J connectivity index is 1.70. The summed E-state index contributed by atoms with van der Waals surface area (Å²) >= 11 is 0. The highest BCUT2D eigenvalue weighted by atomic mass is 16.5. The van der Waals surface area contributed by atoms with Gasteiger partial charge >= 0.3 is 0 Å². The number of ether oxygens (including phenoxy) is 1. The summed E-state index contributed by atoms with van der Waals surface area (Å²) < 4.78 is 5.51. The minimum absolute atomic E-state index is 0.562. The van der Waals surface area contributed by atoms with Crippen LogP contribution in [-0.2, 0) is 24.0 Å². The summed E-state index contributed by atoms with van der Waals surface area (Å²) in [4.78, 5) is 0. The van der Waals surface area contributed by atoms with Crippen molar-refractivity contribution < 1.29 is 4.74 Å². The smallest absolute Gasteiger partial charge is 0.0510 e. The van der Waals surface area contributed by atoms with E-state index < -0.39 is 0 Å². The van der Waals surface area contributed by atoms with Crippen LogP contribution < -0.4 is 5.32 Å². The van der Waals surface area contributed by atoms with Crippen molar-refractivity contribution in [2.75, 3.05) is 20.3 Å². The molecule has 18 heavy (non-hydrogen) atoms. The Labute approximate surface area is 110 Å². The van der Waals surface area contributed by atoms with Crippen LogP contribution in [0.3, 0.4) is 0 Å². The van der Waals surface area contributed by atoms with Crippen LogP contribution in [0.15, 0.2) is 18.2 Å². The zero-order valence-electron chi connectivity index (χ0n) is 11.2. The quantitative estimate of drug-likeness (QED) is 0.879. The lowest BCUT2D eigenvalue weighted by Gasteiger charge is -2.22. The highest BCUT2D eigenvalue weighted by Gasteiger charge is 2.25. The molecule has 0 bridgehead atoms. The van der Waals surface area contributed by atoms with Gasteiger partial charge in [0, 0.05) is 18.6 Å². The van der Waals surface area contributed by atoms with E-state index >= 15 is 0 Å². The minimum Gasteiger partial charge on any atom is -0.381 e. The Kier molecular flexibility index (Phi) is 3.67. The molecule has 0 saturated carbocycles. The third-order valence-electron chi connectivity index (χ3n) is 4.52. The number of benzene rings is 1. The number of nitrogens with one attached hydrogen (secondary N) is 1. The van der Waals surface area contributed by atoms with Crippen molar-refractivity contribution in [2.24, 2.45) is 5.92 Å². The first-order chi connectivity index (χ1) is 8.86. The van der Waals surface area contributed by atoms with Crippen molar-refractivity contribution in [3.8, 4) is 0 Å². The number of rotatable bonds is 4. The highest BCUT2D eigenvalue weighted by molar-refractivity contribution is 5.35. The Bertz CT molecular complexity index is 410. The van der Waals surface area contributed by atoms with Gasteiger partial charge in [-0.05, 0) is 55.8 Å². The van der Waals surface area contributed by atoms with Crippen molar-refractivity contribution in [3.63, 3.8) is 0 Å². The maximum atomic E-state index is 5.51. The molecule has 0 aromatic heterocycles. The molecule has 0 spiro atoms. The topological polar surface area (TPSA) is 21.3 Å². The second kappa shape index (κ2) is 5.41. The fourth-order valence-corrected chi connectivity index (χ4v) is 3.38. The normalized spacial score (nSPS) is 24.2. The van der Waals surface area contributed by atoms with Crippen LogP contribution in [0.25, 0.3) is 0 Å².